The van der Waals surface area contributed by atoms with Crippen LogP contribution in [0.2, 0.25) is 0 Å². The fraction of sp³-hybridized carbons (Fsp3) is 0.556. The summed E-state index contributed by atoms with van der Waals surface area (Å²) in [6.45, 7) is 3.24. The highest BCUT2D eigenvalue weighted by Gasteiger charge is 2.12. The van der Waals surface area contributed by atoms with Gasteiger partial charge in [-0.05, 0) is 46.7 Å². The second-order valence-corrected chi connectivity index (χ2v) is 7.21. The summed E-state index contributed by atoms with van der Waals surface area (Å²) in [5, 5.41) is 7.86. The maximum Gasteiger partial charge on any atom is 0.119 e. The molecule has 0 saturated carbocycles. The Kier molecular flexibility index (Phi) is 7.91. The first kappa shape index (κ1) is 17.4. The average Bonchev–Trinajstić information content (AvgIpc) is 3.02. The van der Waals surface area contributed by atoms with Gasteiger partial charge in [-0.3, -0.25) is 0 Å². The second kappa shape index (κ2) is 9.98. The van der Waals surface area contributed by atoms with E-state index < -0.39 is 0 Å². The highest BCUT2D eigenvalue weighted by molar-refractivity contribution is 14.1. The number of aromatic nitrogens is 3. The van der Waals surface area contributed by atoms with Crippen molar-refractivity contribution in [2.24, 2.45) is 0 Å². The smallest absolute Gasteiger partial charge is 0.119 e. The van der Waals surface area contributed by atoms with Gasteiger partial charge in [-0.1, -0.05) is 57.6 Å². The maximum atomic E-state index is 3.93. The largest absolute Gasteiger partial charge is 0.320 e. The molecule has 120 valence electrons. The first-order valence-electron chi connectivity index (χ1n) is 8.37. The summed E-state index contributed by atoms with van der Waals surface area (Å²) in [5.74, 6) is 0.553. The molecule has 1 atom stereocenters. The molecule has 0 fully saturated rings. The zero-order chi connectivity index (χ0) is 15.6. The van der Waals surface area contributed by atoms with E-state index >= 15 is 0 Å². The predicted molar refractivity (Wildman–Crippen MR) is 99.9 cm³/mol. The normalized spacial score (nSPS) is 12.5. The molecule has 22 heavy (non-hydrogen) atoms. The van der Waals surface area contributed by atoms with Crippen LogP contribution in [0.3, 0.4) is 0 Å². The van der Waals surface area contributed by atoms with E-state index in [0.29, 0.717) is 5.92 Å². The van der Waals surface area contributed by atoms with E-state index in [4.69, 9.17) is 0 Å². The molecular weight excluding hydrogens is 385 g/mol. The lowest BCUT2D eigenvalue weighted by Crippen LogP contribution is -2.08. The van der Waals surface area contributed by atoms with E-state index in [9.17, 15) is 0 Å². The van der Waals surface area contributed by atoms with Crippen molar-refractivity contribution in [2.75, 3.05) is 0 Å². The molecule has 2 rings (SSSR count). The summed E-state index contributed by atoms with van der Waals surface area (Å²) < 4.78 is 3.41. The van der Waals surface area contributed by atoms with Crippen molar-refractivity contribution in [1.82, 2.24) is 14.8 Å². The highest BCUT2D eigenvalue weighted by Crippen LogP contribution is 2.26. The van der Waals surface area contributed by atoms with Crippen molar-refractivity contribution < 1.29 is 0 Å². The van der Waals surface area contributed by atoms with Gasteiger partial charge in [0, 0.05) is 16.0 Å². The van der Waals surface area contributed by atoms with Crippen LogP contribution >= 0.6 is 22.6 Å². The van der Waals surface area contributed by atoms with Crippen LogP contribution in [0, 0.1) is 3.57 Å². The Bertz CT molecular complexity index is 525. The molecule has 3 nitrogen and oxygen atoms in total. The fourth-order valence-corrected chi connectivity index (χ4v) is 3.43. The third-order valence-electron chi connectivity index (χ3n) is 4.12. The Balaban J connectivity index is 1.90. The molecule has 1 unspecified atom stereocenters. The van der Waals surface area contributed by atoms with E-state index in [1.165, 1.54) is 54.1 Å². The van der Waals surface area contributed by atoms with Gasteiger partial charge < -0.3 is 4.57 Å². The van der Waals surface area contributed by atoms with Gasteiger partial charge >= 0.3 is 0 Å². The number of benzene rings is 1. The van der Waals surface area contributed by atoms with Gasteiger partial charge in [0.05, 0.1) is 0 Å². The quantitative estimate of drug-likeness (QED) is 0.386. The second-order valence-electron chi connectivity index (χ2n) is 5.97. The number of hydrogen-bond acceptors (Lipinski definition) is 2. The van der Waals surface area contributed by atoms with Gasteiger partial charge in [0.1, 0.15) is 12.7 Å². The van der Waals surface area contributed by atoms with Crippen LogP contribution in [0.15, 0.2) is 36.9 Å². The summed E-state index contributed by atoms with van der Waals surface area (Å²) in [6, 6.07) is 8.89. The van der Waals surface area contributed by atoms with Crippen molar-refractivity contribution in [3.05, 3.63) is 46.1 Å². The molecule has 0 aliphatic rings. The summed E-state index contributed by atoms with van der Waals surface area (Å²) in [6.07, 6.45) is 13.0. The molecule has 2 aromatic rings. The van der Waals surface area contributed by atoms with Crippen molar-refractivity contribution >= 4 is 22.6 Å². The van der Waals surface area contributed by atoms with Crippen LogP contribution in [0.4, 0.5) is 0 Å². The number of halogens is 1. The molecule has 1 aromatic carbocycles. The first-order chi connectivity index (χ1) is 10.8. The first-order valence-corrected chi connectivity index (χ1v) is 9.45. The third-order valence-corrected chi connectivity index (χ3v) is 4.79. The zero-order valence-electron chi connectivity index (χ0n) is 13.4. The minimum absolute atomic E-state index is 0.553. The Morgan fingerprint density at radius 2 is 1.77 bits per heavy atom. The Morgan fingerprint density at radius 3 is 2.50 bits per heavy atom. The van der Waals surface area contributed by atoms with Crippen LogP contribution in [0.25, 0.3) is 0 Å². The molecule has 1 aromatic heterocycles. The Hall–Kier alpha value is -0.910. The lowest BCUT2D eigenvalue weighted by atomic mass is 9.92. The van der Waals surface area contributed by atoms with Gasteiger partial charge in [0.2, 0.25) is 0 Å². The molecule has 4 heteroatoms. The summed E-state index contributed by atoms with van der Waals surface area (Å²) in [7, 11) is 0. The standard InChI is InChI=1S/C18H26IN3/c1-2-3-4-5-6-7-9-17(13-22-14-20-21-15-22)16-10-8-11-18(19)12-16/h8,10-12,14-15,17H,2-7,9,13H2,1H3. The lowest BCUT2D eigenvalue weighted by Gasteiger charge is -2.18. The van der Waals surface area contributed by atoms with Crippen molar-refractivity contribution in [2.45, 2.75) is 64.3 Å². The van der Waals surface area contributed by atoms with E-state index in [1.54, 1.807) is 0 Å². The van der Waals surface area contributed by atoms with E-state index in [2.05, 4.69) is 68.5 Å². The number of nitrogens with zero attached hydrogens (tertiary/aromatic N) is 3. The summed E-state index contributed by atoms with van der Waals surface area (Å²) in [4.78, 5) is 0. The van der Waals surface area contributed by atoms with Crippen molar-refractivity contribution in [1.29, 1.82) is 0 Å². The molecule has 0 radical (unpaired) electrons. The van der Waals surface area contributed by atoms with Gasteiger partial charge in [0.25, 0.3) is 0 Å². The van der Waals surface area contributed by atoms with E-state index in [1.807, 2.05) is 12.7 Å². The minimum atomic E-state index is 0.553. The molecule has 0 saturated heterocycles. The summed E-state index contributed by atoms with van der Waals surface area (Å²) in [5.41, 5.74) is 1.44. The SMILES string of the molecule is CCCCCCCCC(Cn1cnnc1)c1cccc(I)c1. The molecular formula is C18H26IN3. The third kappa shape index (κ3) is 6.07. The van der Waals surface area contributed by atoms with Crippen LogP contribution in [-0.4, -0.2) is 14.8 Å². The Labute approximate surface area is 147 Å². The topological polar surface area (TPSA) is 30.7 Å². The minimum Gasteiger partial charge on any atom is -0.320 e. The molecule has 0 aliphatic heterocycles. The fourth-order valence-electron chi connectivity index (χ4n) is 2.87. The molecule has 0 N–H and O–H groups in total. The predicted octanol–water partition coefficient (Wildman–Crippen LogP) is 5.42. The monoisotopic (exact) mass is 411 g/mol. The number of unbranched alkanes of at least 4 members (excludes halogenated alkanes) is 5. The van der Waals surface area contributed by atoms with Crippen molar-refractivity contribution in [3.63, 3.8) is 0 Å². The molecule has 1 heterocycles. The molecule has 0 amide bonds. The zero-order valence-corrected chi connectivity index (χ0v) is 15.6. The summed E-state index contributed by atoms with van der Waals surface area (Å²) >= 11 is 2.40. The highest BCUT2D eigenvalue weighted by atomic mass is 127. The van der Waals surface area contributed by atoms with Gasteiger partial charge in [0.15, 0.2) is 0 Å². The van der Waals surface area contributed by atoms with E-state index in [0.717, 1.165) is 6.54 Å². The number of hydrogen-bond donors (Lipinski definition) is 0. The van der Waals surface area contributed by atoms with Crippen molar-refractivity contribution in [3.8, 4) is 0 Å². The van der Waals surface area contributed by atoms with Crippen LogP contribution in [0.1, 0.15) is 63.4 Å². The average molecular weight is 411 g/mol. The molecule has 0 bridgehead atoms. The van der Waals surface area contributed by atoms with Crippen LogP contribution in [-0.2, 0) is 6.54 Å². The lowest BCUT2D eigenvalue weighted by molar-refractivity contribution is 0.485. The molecule has 0 aliphatic carbocycles. The van der Waals surface area contributed by atoms with Gasteiger partial charge in [-0.25, -0.2) is 0 Å². The van der Waals surface area contributed by atoms with E-state index in [-0.39, 0.29) is 0 Å². The van der Waals surface area contributed by atoms with Crippen LogP contribution in [0.5, 0.6) is 0 Å². The van der Waals surface area contributed by atoms with Crippen LogP contribution < -0.4 is 0 Å². The Morgan fingerprint density at radius 1 is 1.05 bits per heavy atom. The van der Waals surface area contributed by atoms with Gasteiger partial charge in [-0.15, -0.1) is 10.2 Å². The number of rotatable bonds is 10. The van der Waals surface area contributed by atoms with Gasteiger partial charge in [-0.2, -0.15) is 0 Å². The maximum absolute atomic E-state index is 3.93. The molecule has 0 spiro atoms.